The Balaban J connectivity index is 2.37. The summed E-state index contributed by atoms with van der Waals surface area (Å²) in [5.41, 5.74) is 5.52. The van der Waals surface area contributed by atoms with E-state index in [9.17, 15) is 13.2 Å². The van der Waals surface area contributed by atoms with E-state index in [2.05, 4.69) is 9.97 Å². The summed E-state index contributed by atoms with van der Waals surface area (Å²) in [7, 11) is 0. The van der Waals surface area contributed by atoms with Gasteiger partial charge in [-0.3, -0.25) is 0 Å². The Morgan fingerprint density at radius 2 is 1.72 bits per heavy atom. The zero-order chi connectivity index (χ0) is 13.3. The summed E-state index contributed by atoms with van der Waals surface area (Å²) in [4.78, 5) is 7.72. The molecule has 18 heavy (non-hydrogen) atoms. The number of benzene rings is 1. The van der Waals surface area contributed by atoms with Gasteiger partial charge in [-0.05, 0) is 12.1 Å². The lowest BCUT2D eigenvalue weighted by Crippen LogP contribution is -2.04. The van der Waals surface area contributed by atoms with Crippen LogP contribution in [-0.4, -0.2) is 9.97 Å². The lowest BCUT2D eigenvalue weighted by molar-refractivity contribution is -0.137. The Morgan fingerprint density at radius 3 is 2.22 bits per heavy atom. The number of alkyl halides is 3. The molecule has 2 rings (SSSR count). The van der Waals surface area contributed by atoms with Gasteiger partial charge in [0.25, 0.3) is 0 Å². The molecule has 0 spiro atoms. The van der Waals surface area contributed by atoms with E-state index < -0.39 is 11.7 Å². The summed E-state index contributed by atoms with van der Waals surface area (Å²) in [5.74, 6) is 0.0762. The van der Waals surface area contributed by atoms with Gasteiger partial charge in [0.2, 0.25) is 0 Å². The monoisotopic (exact) mass is 273 g/mol. The minimum atomic E-state index is -4.36. The highest BCUT2D eigenvalue weighted by Gasteiger charge is 2.30. The first-order valence-electron chi connectivity index (χ1n) is 4.83. The van der Waals surface area contributed by atoms with E-state index in [1.807, 2.05) is 0 Å². The molecule has 2 aromatic rings. The third kappa shape index (κ3) is 2.53. The van der Waals surface area contributed by atoms with Crippen molar-refractivity contribution in [2.75, 3.05) is 5.73 Å². The average molecular weight is 274 g/mol. The van der Waals surface area contributed by atoms with Crippen LogP contribution in [0.4, 0.5) is 19.0 Å². The van der Waals surface area contributed by atoms with Crippen molar-refractivity contribution in [3.8, 4) is 11.3 Å². The van der Waals surface area contributed by atoms with Crippen molar-refractivity contribution in [2.24, 2.45) is 0 Å². The van der Waals surface area contributed by atoms with Gasteiger partial charge >= 0.3 is 6.18 Å². The quantitative estimate of drug-likeness (QED) is 0.866. The first kappa shape index (κ1) is 12.6. The third-order valence-electron chi connectivity index (χ3n) is 2.26. The first-order chi connectivity index (χ1) is 8.38. The van der Waals surface area contributed by atoms with Crippen molar-refractivity contribution >= 4 is 17.4 Å². The minimum Gasteiger partial charge on any atom is -0.381 e. The first-order valence-corrected chi connectivity index (χ1v) is 5.21. The van der Waals surface area contributed by atoms with Crippen LogP contribution >= 0.6 is 11.6 Å². The molecule has 0 saturated heterocycles. The summed E-state index contributed by atoms with van der Waals surface area (Å²) >= 11 is 5.69. The molecule has 0 bridgehead atoms. The normalized spacial score (nSPS) is 11.6. The Labute approximate surface area is 105 Å². The number of nitrogens with two attached hydrogens (primary N) is 1. The molecular formula is C11H7ClF3N3. The van der Waals surface area contributed by atoms with Crippen LogP contribution < -0.4 is 5.73 Å². The number of nitrogen functional groups attached to an aromatic ring is 1. The molecule has 0 amide bonds. The lowest BCUT2D eigenvalue weighted by Gasteiger charge is -2.07. The van der Waals surface area contributed by atoms with Crippen LogP contribution in [-0.2, 0) is 6.18 Å². The predicted molar refractivity (Wildman–Crippen MR) is 61.9 cm³/mol. The molecule has 0 fully saturated rings. The molecule has 3 nitrogen and oxygen atoms in total. The second-order valence-corrected chi connectivity index (χ2v) is 3.86. The van der Waals surface area contributed by atoms with E-state index in [1.54, 1.807) is 0 Å². The SMILES string of the molecule is Nc1ncc(-c2ccc(C(F)(F)F)cc2)nc1Cl. The fraction of sp³-hybridized carbons (Fsp3) is 0.0909. The topological polar surface area (TPSA) is 51.8 Å². The zero-order valence-electron chi connectivity index (χ0n) is 8.87. The van der Waals surface area contributed by atoms with Crippen molar-refractivity contribution in [3.05, 3.63) is 41.2 Å². The number of aromatic nitrogens is 2. The van der Waals surface area contributed by atoms with Crippen molar-refractivity contribution in [1.29, 1.82) is 0 Å². The van der Waals surface area contributed by atoms with Gasteiger partial charge in [0, 0.05) is 5.56 Å². The highest BCUT2D eigenvalue weighted by Crippen LogP contribution is 2.30. The second kappa shape index (κ2) is 4.45. The fourth-order valence-electron chi connectivity index (χ4n) is 1.34. The molecule has 1 aromatic heterocycles. The summed E-state index contributed by atoms with van der Waals surface area (Å²) < 4.78 is 37.1. The maximum Gasteiger partial charge on any atom is 0.416 e. The van der Waals surface area contributed by atoms with Crippen molar-refractivity contribution < 1.29 is 13.2 Å². The van der Waals surface area contributed by atoms with Crippen LogP contribution in [0.5, 0.6) is 0 Å². The Hall–Kier alpha value is -1.82. The highest BCUT2D eigenvalue weighted by atomic mass is 35.5. The van der Waals surface area contributed by atoms with E-state index in [0.29, 0.717) is 11.3 Å². The number of hydrogen-bond donors (Lipinski definition) is 1. The number of anilines is 1. The molecule has 0 unspecified atom stereocenters. The van der Waals surface area contributed by atoms with Crippen molar-refractivity contribution in [1.82, 2.24) is 9.97 Å². The highest BCUT2D eigenvalue weighted by molar-refractivity contribution is 6.31. The molecule has 1 aromatic carbocycles. The Morgan fingerprint density at radius 1 is 1.11 bits per heavy atom. The van der Waals surface area contributed by atoms with Crippen LogP contribution in [0, 0.1) is 0 Å². The number of hydrogen-bond acceptors (Lipinski definition) is 3. The number of nitrogens with zero attached hydrogens (tertiary/aromatic N) is 2. The largest absolute Gasteiger partial charge is 0.416 e. The molecule has 94 valence electrons. The van der Waals surface area contributed by atoms with Gasteiger partial charge in [-0.25, -0.2) is 9.97 Å². The average Bonchev–Trinajstić information content (AvgIpc) is 2.32. The molecule has 0 radical (unpaired) electrons. The van der Waals surface area contributed by atoms with E-state index in [4.69, 9.17) is 17.3 Å². The van der Waals surface area contributed by atoms with Crippen molar-refractivity contribution in [3.63, 3.8) is 0 Å². The molecule has 2 N–H and O–H groups in total. The summed E-state index contributed by atoms with van der Waals surface area (Å²) in [6.07, 6.45) is -3.01. The van der Waals surface area contributed by atoms with E-state index in [1.165, 1.54) is 18.3 Å². The summed E-state index contributed by atoms with van der Waals surface area (Å²) in [6, 6.07) is 4.56. The van der Waals surface area contributed by atoms with Crippen LogP contribution in [0.1, 0.15) is 5.56 Å². The van der Waals surface area contributed by atoms with Crippen molar-refractivity contribution in [2.45, 2.75) is 6.18 Å². The van der Waals surface area contributed by atoms with Crippen LogP contribution in [0.2, 0.25) is 5.15 Å². The molecule has 1 heterocycles. The molecule has 0 aliphatic carbocycles. The zero-order valence-corrected chi connectivity index (χ0v) is 9.63. The van der Waals surface area contributed by atoms with Gasteiger partial charge in [0.05, 0.1) is 17.5 Å². The van der Waals surface area contributed by atoms with Gasteiger partial charge in [0.1, 0.15) is 0 Å². The van der Waals surface area contributed by atoms with E-state index in [0.717, 1.165) is 12.1 Å². The summed E-state index contributed by atoms with van der Waals surface area (Å²) in [6.45, 7) is 0. The van der Waals surface area contributed by atoms with Crippen LogP contribution in [0.3, 0.4) is 0 Å². The molecular weight excluding hydrogens is 267 g/mol. The number of halogens is 4. The molecule has 7 heteroatoms. The lowest BCUT2D eigenvalue weighted by atomic mass is 10.1. The maximum absolute atomic E-state index is 12.4. The summed E-state index contributed by atoms with van der Waals surface area (Å²) in [5, 5.41) is 0.0207. The molecule has 0 saturated carbocycles. The van der Waals surface area contributed by atoms with E-state index >= 15 is 0 Å². The van der Waals surface area contributed by atoms with E-state index in [-0.39, 0.29) is 11.0 Å². The van der Waals surface area contributed by atoms with Gasteiger partial charge in [-0.1, -0.05) is 23.7 Å². The standard InChI is InChI=1S/C11H7ClF3N3/c12-9-10(16)17-5-8(18-9)6-1-3-7(4-2-6)11(13,14)15/h1-5H,(H2,16,17). The molecule has 0 aliphatic rings. The van der Waals surface area contributed by atoms with Gasteiger partial charge in [-0.2, -0.15) is 13.2 Å². The van der Waals surface area contributed by atoms with Gasteiger partial charge < -0.3 is 5.73 Å². The smallest absolute Gasteiger partial charge is 0.381 e. The Kier molecular flexibility index (Phi) is 3.13. The van der Waals surface area contributed by atoms with Crippen LogP contribution in [0.15, 0.2) is 30.5 Å². The Bertz CT molecular complexity index is 567. The number of rotatable bonds is 1. The third-order valence-corrected chi connectivity index (χ3v) is 2.54. The van der Waals surface area contributed by atoms with Crippen LogP contribution in [0.25, 0.3) is 11.3 Å². The molecule has 0 atom stereocenters. The maximum atomic E-state index is 12.4. The minimum absolute atomic E-state index is 0.0207. The second-order valence-electron chi connectivity index (χ2n) is 3.51. The predicted octanol–water partition coefficient (Wildman–Crippen LogP) is 3.40. The van der Waals surface area contributed by atoms with Gasteiger partial charge in [-0.15, -0.1) is 0 Å². The molecule has 0 aliphatic heterocycles. The fourth-order valence-corrected chi connectivity index (χ4v) is 1.48. The van der Waals surface area contributed by atoms with Gasteiger partial charge in [0.15, 0.2) is 11.0 Å².